The number of rotatable bonds is 12. The lowest BCUT2D eigenvalue weighted by atomic mass is 9.87. The van der Waals surface area contributed by atoms with Crippen molar-refractivity contribution in [3.63, 3.8) is 0 Å². The van der Waals surface area contributed by atoms with E-state index in [1.165, 1.54) is 57.8 Å². The third-order valence-corrected chi connectivity index (χ3v) is 4.63. The summed E-state index contributed by atoms with van der Waals surface area (Å²) in [7, 11) is 0. The van der Waals surface area contributed by atoms with Crippen LogP contribution >= 0.6 is 0 Å². The van der Waals surface area contributed by atoms with Crippen LogP contribution in [0.2, 0.25) is 0 Å². The molecule has 0 nitrogen and oxygen atoms in total. The summed E-state index contributed by atoms with van der Waals surface area (Å²) < 4.78 is 0. The average molecular weight is 269 g/mol. The maximum atomic E-state index is 2.46. The summed E-state index contributed by atoms with van der Waals surface area (Å²) >= 11 is 0. The molecule has 0 bridgehead atoms. The summed E-state index contributed by atoms with van der Waals surface area (Å²) in [6.45, 7) is 14.3. The van der Waals surface area contributed by atoms with Crippen LogP contribution in [0.1, 0.15) is 99.3 Å². The van der Waals surface area contributed by atoms with Crippen LogP contribution in [0.5, 0.6) is 0 Å². The van der Waals surface area contributed by atoms with Gasteiger partial charge in [-0.15, -0.1) is 0 Å². The van der Waals surface area contributed by atoms with Crippen molar-refractivity contribution in [3.05, 3.63) is 0 Å². The predicted octanol–water partition coefficient (Wildman–Crippen LogP) is 7.08. The maximum Gasteiger partial charge on any atom is -0.0417 e. The fourth-order valence-corrected chi connectivity index (χ4v) is 3.26. The molecule has 0 aromatic carbocycles. The maximum absolute atomic E-state index is 2.46. The molecule has 0 amide bonds. The van der Waals surface area contributed by atoms with Gasteiger partial charge in [-0.25, -0.2) is 0 Å². The molecule has 0 spiro atoms. The van der Waals surface area contributed by atoms with Gasteiger partial charge in [0.1, 0.15) is 0 Å². The van der Waals surface area contributed by atoms with E-state index in [9.17, 15) is 0 Å². The standard InChI is InChI=1S/C19H40/c1-7-10-19(8-2)12-9-11-17(5)15-18(6)14-13-16(3)4/h16-19H,7-15H2,1-6H3. The first-order valence-electron chi connectivity index (χ1n) is 8.99. The Morgan fingerprint density at radius 2 is 1.32 bits per heavy atom. The molecule has 0 aliphatic rings. The van der Waals surface area contributed by atoms with Crippen LogP contribution in [-0.4, -0.2) is 0 Å². The molecule has 0 heterocycles. The van der Waals surface area contributed by atoms with E-state index in [2.05, 4.69) is 41.5 Å². The molecule has 0 fully saturated rings. The SMILES string of the molecule is CCCC(CC)CCCC(C)CC(C)CCC(C)C. The van der Waals surface area contributed by atoms with E-state index in [1.807, 2.05) is 0 Å². The van der Waals surface area contributed by atoms with E-state index in [1.54, 1.807) is 0 Å². The van der Waals surface area contributed by atoms with Crippen molar-refractivity contribution < 1.29 is 0 Å². The van der Waals surface area contributed by atoms with Gasteiger partial charge in [0.2, 0.25) is 0 Å². The van der Waals surface area contributed by atoms with Gasteiger partial charge in [-0.1, -0.05) is 92.9 Å². The largest absolute Gasteiger partial charge is 0.0654 e. The van der Waals surface area contributed by atoms with Crippen LogP contribution in [0, 0.1) is 23.7 Å². The van der Waals surface area contributed by atoms with E-state index < -0.39 is 0 Å². The fraction of sp³-hybridized carbons (Fsp3) is 1.00. The predicted molar refractivity (Wildman–Crippen MR) is 89.6 cm³/mol. The van der Waals surface area contributed by atoms with Gasteiger partial charge < -0.3 is 0 Å². The molecule has 19 heavy (non-hydrogen) atoms. The molecule has 0 N–H and O–H groups in total. The van der Waals surface area contributed by atoms with Crippen molar-refractivity contribution in [1.82, 2.24) is 0 Å². The molecule has 0 saturated heterocycles. The minimum atomic E-state index is 0.872. The first-order valence-corrected chi connectivity index (χ1v) is 8.99. The van der Waals surface area contributed by atoms with Crippen molar-refractivity contribution in [2.24, 2.45) is 23.7 Å². The minimum absolute atomic E-state index is 0.872. The molecular weight excluding hydrogens is 228 g/mol. The van der Waals surface area contributed by atoms with E-state index in [4.69, 9.17) is 0 Å². The Morgan fingerprint density at radius 1 is 0.684 bits per heavy atom. The molecule has 0 aromatic heterocycles. The van der Waals surface area contributed by atoms with Crippen LogP contribution in [-0.2, 0) is 0 Å². The molecular formula is C19H40. The van der Waals surface area contributed by atoms with Gasteiger partial charge >= 0.3 is 0 Å². The second-order valence-corrected chi connectivity index (χ2v) is 7.41. The highest BCUT2D eigenvalue weighted by Gasteiger charge is 2.11. The van der Waals surface area contributed by atoms with Gasteiger partial charge in [-0.3, -0.25) is 0 Å². The lowest BCUT2D eigenvalue weighted by Gasteiger charge is -2.19. The molecule has 0 radical (unpaired) electrons. The summed E-state index contributed by atoms with van der Waals surface area (Å²) in [5, 5.41) is 0. The van der Waals surface area contributed by atoms with Crippen LogP contribution in [0.3, 0.4) is 0 Å². The Bertz CT molecular complexity index is 182. The van der Waals surface area contributed by atoms with E-state index in [0.717, 1.165) is 23.7 Å². The zero-order chi connectivity index (χ0) is 14.7. The molecule has 0 rings (SSSR count). The fourth-order valence-electron chi connectivity index (χ4n) is 3.26. The summed E-state index contributed by atoms with van der Waals surface area (Å²) in [4.78, 5) is 0. The third-order valence-electron chi connectivity index (χ3n) is 4.63. The zero-order valence-electron chi connectivity index (χ0n) is 14.7. The van der Waals surface area contributed by atoms with Gasteiger partial charge in [-0.05, 0) is 30.1 Å². The highest BCUT2D eigenvalue weighted by Crippen LogP contribution is 2.25. The third kappa shape index (κ3) is 11.5. The van der Waals surface area contributed by atoms with Crippen LogP contribution in [0.15, 0.2) is 0 Å². The van der Waals surface area contributed by atoms with Gasteiger partial charge in [0.05, 0.1) is 0 Å². The molecule has 0 aliphatic carbocycles. The second-order valence-electron chi connectivity index (χ2n) is 7.41. The Morgan fingerprint density at radius 3 is 1.84 bits per heavy atom. The van der Waals surface area contributed by atoms with E-state index in [-0.39, 0.29) is 0 Å². The highest BCUT2D eigenvalue weighted by atomic mass is 14.2. The Balaban J connectivity index is 3.65. The van der Waals surface area contributed by atoms with E-state index in [0.29, 0.717) is 0 Å². The van der Waals surface area contributed by atoms with Gasteiger partial charge in [-0.2, -0.15) is 0 Å². The average Bonchev–Trinajstić information content (AvgIpc) is 2.35. The Kier molecular flexibility index (Phi) is 11.8. The van der Waals surface area contributed by atoms with Crippen molar-refractivity contribution in [2.75, 3.05) is 0 Å². The second kappa shape index (κ2) is 11.8. The topological polar surface area (TPSA) is 0 Å². The van der Waals surface area contributed by atoms with Crippen LogP contribution in [0.25, 0.3) is 0 Å². The summed E-state index contributed by atoms with van der Waals surface area (Å²) in [5.74, 6) is 3.73. The monoisotopic (exact) mass is 268 g/mol. The summed E-state index contributed by atoms with van der Waals surface area (Å²) in [5.41, 5.74) is 0. The van der Waals surface area contributed by atoms with Crippen LogP contribution in [0.4, 0.5) is 0 Å². The molecule has 3 atom stereocenters. The van der Waals surface area contributed by atoms with Crippen molar-refractivity contribution in [2.45, 2.75) is 99.3 Å². The molecule has 0 saturated carbocycles. The van der Waals surface area contributed by atoms with Crippen molar-refractivity contribution in [1.29, 1.82) is 0 Å². The lowest BCUT2D eigenvalue weighted by molar-refractivity contribution is 0.331. The molecule has 3 unspecified atom stereocenters. The van der Waals surface area contributed by atoms with E-state index >= 15 is 0 Å². The molecule has 0 heteroatoms. The normalized spacial score (nSPS) is 16.6. The summed E-state index contributed by atoms with van der Waals surface area (Å²) in [6.07, 6.45) is 12.8. The molecule has 116 valence electrons. The Labute approximate surface area is 123 Å². The van der Waals surface area contributed by atoms with Gasteiger partial charge in [0, 0.05) is 0 Å². The quantitative estimate of drug-likeness (QED) is 0.354. The van der Waals surface area contributed by atoms with Crippen molar-refractivity contribution in [3.8, 4) is 0 Å². The molecule has 0 aromatic rings. The number of hydrogen-bond acceptors (Lipinski definition) is 0. The first-order chi connectivity index (χ1) is 8.99. The molecule has 0 aliphatic heterocycles. The summed E-state index contributed by atoms with van der Waals surface area (Å²) in [6, 6.07) is 0. The lowest BCUT2D eigenvalue weighted by Crippen LogP contribution is -2.06. The zero-order valence-corrected chi connectivity index (χ0v) is 14.7. The van der Waals surface area contributed by atoms with Gasteiger partial charge in [0.25, 0.3) is 0 Å². The Hall–Kier alpha value is 0. The van der Waals surface area contributed by atoms with Crippen molar-refractivity contribution >= 4 is 0 Å². The first kappa shape index (κ1) is 19.0. The number of hydrogen-bond donors (Lipinski definition) is 0. The highest BCUT2D eigenvalue weighted by molar-refractivity contribution is 4.63. The minimum Gasteiger partial charge on any atom is -0.0654 e. The smallest absolute Gasteiger partial charge is 0.0417 e. The van der Waals surface area contributed by atoms with Gasteiger partial charge in [0.15, 0.2) is 0 Å². The van der Waals surface area contributed by atoms with Crippen LogP contribution < -0.4 is 0 Å².